The van der Waals surface area contributed by atoms with E-state index >= 15 is 0 Å². The zero-order valence-corrected chi connectivity index (χ0v) is 17.1. The Hall–Kier alpha value is -3.62. The van der Waals surface area contributed by atoms with Gasteiger partial charge in [0.15, 0.2) is 12.4 Å². The molecule has 4 rings (SSSR count). The fourth-order valence-corrected chi connectivity index (χ4v) is 3.44. The first kappa shape index (κ1) is 21.6. The van der Waals surface area contributed by atoms with Crippen molar-refractivity contribution in [2.24, 2.45) is 0 Å². The largest absolute Gasteiger partial charge is 0.484 e. The van der Waals surface area contributed by atoms with E-state index in [0.717, 1.165) is 23.5 Å². The van der Waals surface area contributed by atoms with Crippen molar-refractivity contribution in [3.05, 3.63) is 72.4 Å². The zero-order valence-electron chi connectivity index (χ0n) is 17.1. The second-order valence-electron chi connectivity index (χ2n) is 7.29. The Morgan fingerprint density at radius 1 is 0.969 bits per heavy atom. The molecular weight excluding hydrogens is 421 g/mol. The Labute approximate surface area is 183 Å². The number of halogens is 3. The van der Waals surface area contributed by atoms with Gasteiger partial charge in [-0.2, -0.15) is 13.2 Å². The maximum atomic E-state index is 12.8. The Kier molecular flexibility index (Phi) is 6.25. The fraction of sp³-hybridized carbons (Fsp3) is 0.261. The minimum atomic E-state index is -4.46. The predicted molar refractivity (Wildman–Crippen MR) is 113 cm³/mol. The third-order valence-corrected chi connectivity index (χ3v) is 5.15. The van der Waals surface area contributed by atoms with Crippen LogP contribution in [0.5, 0.6) is 5.75 Å². The first-order valence-corrected chi connectivity index (χ1v) is 10.1. The average Bonchev–Trinajstić information content (AvgIpc) is 2.83. The van der Waals surface area contributed by atoms with Gasteiger partial charge >= 0.3 is 6.18 Å². The molecule has 2 aromatic carbocycles. The van der Waals surface area contributed by atoms with Gasteiger partial charge in [-0.1, -0.05) is 36.4 Å². The van der Waals surface area contributed by atoms with E-state index in [1.165, 1.54) is 12.1 Å². The number of hydrogen-bond donors (Lipinski definition) is 0. The van der Waals surface area contributed by atoms with Gasteiger partial charge in [0, 0.05) is 37.9 Å². The van der Waals surface area contributed by atoms with Crippen LogP contribution >= 0.6 is 0 Å². The van der Waals surface area contributed by atoms with Crippen LogP contribution in [0.15, 0.2) is 66.9 Å². The highest BCUT2D eigenvalue weighted by Gasteiger charge is 2.30. The highest BCUT2D eigenvalue weighted by Crippen LogP contribution is 2.31. The molecule has 0 saturated carbocycles. The highest BCUT2D eigenvalue weighted by atomic mass is 19.4. The monoisotopic (exact) mass is 442 g/mol. The topological polar surface area (TPSA) is 58.6 Å². The molecule has 0 aliphatic carbocycles. The number of ether oxygens (including phenoxy) is 1. The lowest BCUT2D eigenvalue weighted by atomic mass is 10.2. The number of benzene rings is 2. The molecule has 2 heterocycles. The molecule has 0 radical (unpaired) electrons. The summed E-state index contributed by atoms with van der Waals surface area (Å²) in [5.74, 6) is 1.17. The molecule has 166 valence electrons. The number of nitrogens with zero attached hydrogens (tertiary/aromatic N) is 4. The first-order valence-electron chi connectivity index (χ1n) is 10.1. The molecule has 3 aromatic rings. The Balaban J connectivity index is 1.32. The summed E-state index contributed by atoms with van der Waals surface area (Å²) in [5, 5.41) is 0. The third kappa shape index (κ3) is 5.16. The van der Waals surface area contributed by atoms with E-state index in [-0.39, 0.29) is 18.3 Å². The van der Waals surface area contributed by atoms with E-state index in [2.05, 4.69) is 14.9 Å². The summed E-state index contributed by atoms with van der Waals surface area (Å²) in [6.45, 7) is 1.79. The van der Waals surface area contributed by atoms with Gasteiger partial charge in [0.05, 0.1) is 5.56 Å². The van der Waals surface area contributed by atoms with Crippen molar-refractivity contribution in [3.8, 4) is 17.1 Å². The summed E-state index contributed by atoms with van der Waals surface area (Å²) in [7, 11) is 0. The number of anilines is 1. The molecule has 1 fully saturated rings. The molecule has 1 aliphatic heterocycles. The van der Waals surface area contributed by atoms with Crippen molar-refractivity contribution in [3.63, 3.8) is 0 Å². The summed E-state index contributed by atoms with van der Waals surface area (Å²) < 4.78 is 43.7. The Morgan fingerprint density at radius 3 is 2.44 bits per heavy atom. The predicted octanol–water partition coefficient (Wildman–Crippen LogP) is 3.89. The fourth-order valence-electron chi connectivity index (χ4n) is 3.44. The standard InChI is InChI=1S/C23H21F3N4O2/c24-23(25,26)18-7-4-8-19(15-18)32-16-21(31)30-13-11-29(12-14-30)20-9-10-27-22(28-20)17-5-2-1-3-6-17/h1-10,15H,11-14,16H2. The van der Waals surface area contributed by atoms with Gasteiger partial charge in [-0.25, -0.2) is 9.97 Å². The van der Waals surface area contributed by atoms with E-state index in [9.17, 15) is 18.0 Å². The maximum absolute atomic E-state index is 12.8. The van der Waals surface area contributed by atoms with Gasteiger partial charge in [-0.3, -0.25) is 4.79 Å². The van der Waals surface area contributed by atoms with E-state index in [1.54, 1.807) is 11.1 Å². The van der Waals surface area contributed by atoms with Gasteiger partial charge in [-0.05, 0) is 24.3 Å². The number of amides is 1. The van der Waals surface area contributed by atoms with E-state index in [1.807, 2.05) is 36.4 Å². The second-order valence-corrected chi connectivity index (χ2v) is 7.29. The lowest BCUT2D eigenvalue weighted by Crippen LogP contribution is -2.50. The molecular formula is C23H21F3N4O2. The minimum absolute atomic E-state index is 0.0150. The van der Waals surface area contributed by atoms with Crippen LogP contribution in [-0.2, 0) is 11.0 Å². The minimum Gasteiger partial charge on any atom is -0.484 e. The number of alkyl halides is 3. The smallest absolute Gasteiger partial charge is 0.416 e. The van der Waals surface area contributed by atoms with Crippen molar-refractivity contribution in [1.29, 1.82) is 0 Å². The highest BCUT2D eigenvalue weighted by molar-refractivity contribution is 5.78. The molecule has 1 aliphatic rings. The molecule has 0 N–H and O–H groups in total. The summed E-state index contributed by atoms with van der Waals surface area (Å²) in [6.07, 6.45) is -2.74. The van der Waals surface area contributed by atoms with Crippen molar-refractivity contribution < 1.29 is 22.7 Å². The van der Waals surface area contributed by atoms with Gasteiger partial charge in [-0.15, -0.1) is 0 Å². The van der Waals surface area contributed by atoms with E-state index in [0.29, 0.717) is 32.0 Å². The van der Waals surface area contributed by atoms with Gasteiger partial charge in [0.25, 0.3) is 5.91 Å². The number of carbonyl (C=O) groups excluding carboxylic acids is 1. The van der Waals surface area contributed by atoms with Crippen molar-refractivity contribution >= 4 is 11.7 Å². The summed E-state index contributed by atoms with van der Waals surface area (Å²) in [4.78, 5) is 25.2. The molecule has 0 atom stereocenters. The average molecular weight is 442 g/mol. The number of carbonyl (C=O) groups is 1. The Bertz CT molecular complexity index is 1070. The molecule has 0 bridgehead atoms. The lowest BCUT2D eigenvalue weighted by molar-refractivity contribution is -0.137. The molecule has 1 saturated heterocycles. The van der Waals surface area contributed by atoms with Crippen molar-refractivity contribution in [1.82, 2.24) is 14.9 Å². The molecule has 6 nitrogen and oxygen atoms in total. The number of piperazine rings is 1. The van der Waals surface area contributed by atoms with Crippen molar-refractivity contribution in [2.45, 2.75) is 6.18 Å². The maximum Gasteiger partial charge on any atom is 0.416 e. The lowest BCUT2D eigenvalue weighted by Gasteiger charge is -2.35. The van der Waals surface area contributed by atoms with Crippen LogP contribution in [0.4, 0.5) is 19.0 Å². The first-order chi connectivity index (χ1) is 15.4. The van der Waals surface area contributed by atoms with Crippen molar-refractivity contribution in [2.75, 3.05) is 37.7 Å². The van der Waals surface area contributed by atoms with Crippen LogP contribution in [0.3, 0.4) is 0 Å². The number of hydrogen-bond acceptors (Lipinski definition) is 5. The molecule has 32 heavy (non-hydrogen) atoms. The molecule has 0 unspecified atom stereocenters. The Morgan fingerprint density at radius 2 is 1.72 bits per heavy atom. The molecule has 0 spiro atoms. The van der Waals surface area contributed by atoms with Crippen LogP contribution < -0.4 is 9.64 Å². The molecule has 1 amide bonds. The number of aromatic nitrogens is 2. The quantitative estimate of drug-likeness (QED) is 0.600. The summed E-state index contributed by atoms with van der Waals surface area (Å²) in [6, 6.07) is 16.0. The van der Waals surface area contributed by atoms with Crippen LogP contribution in [0, 0.1) is 0 Å². The van der Waals surface area contributed by atoms with Crippen LogP contribution in [0.25, 0.3) is 11.4 Å². The van der Waals surface area contributed by atoms with Crippen LogP contribution in [0.2, 0.25) is 0 Å². The van der Waals surface area contributed by atoms with E-state index < -0.39 is 11.7 Å². The van der Waals surface area contributed by atoms with E-state index in [4.69, 9.17) is 4.74 Å². The summed E-state index contributed by atoms with van der Waals surface area (Å²) in [5.41, 5.74) is 0.116. The van der Waals surface area contributed by atoms with Crippen LogP contribution in [0.1, 0.15) is 5.56 Å². The van der Waals surface area contributed by atoms with Crippen LogP contribution in [-0.4, -0.2) is 53.6 Å². The second kappa shape index (κ2) is 9.25. The zero-order chi connectivity index (χ0) is 22.6. The summed E-state index contributed by atoms with van der Waals surface area (Å²) >= 11 is 0. The SMILES string of the molecule is O=C(COc1cccc(C(F)(F)F)c1)N1CCN(c2ccnc(-c3ccccc3)n2)CC1. The van der Waals surface area contributed by atoms with Gasteiger partial charge in [0.1, 0.15) is 11.6 Å². The van der Waals surface area contributed by atoms with Gasteiger partial charge in [0.2, 0.25) is 0 Å². The van der Waals surface area contributed by atoms with Gasteiger partial charge < -0.3 is 14.5 Å². The normalized spacial score (nSPS) is 14.3. The molecule has 1 aromatic heterocycles. The number of rotatable bonds is 5. The third-order valence-electron chi connectivity index (χ3n) is 5.15. The molecule has 9 heteroatoms.